The van der Waals surface area contributed by atoms with E-state index >= 15 is 0 Å². The van der Waals surface area contributed by atoms with Crippen LogP contribution in [0.5, 0.6) is 5.75 Å². The molecule has 2 aromatic rings. The molecule has 2 heterocycles. The van der Waals surface area contributed by atoms with Gasteiger partial charge in [0.2, 0.25) is 11.1 Å². The molecule has 1 unspecified atom stereocenters. The van der Waals surface area contributed by atoms with Crippen LogP contribution in [0.3, 0.4) is 0 Å². The normalized spacial score (nSPS) is 16.2. The maximum Gasteiger partial charge on any atom is 0.338 e. The van der Waals surface area contributed by atoms with Crippen molar-refractivity contribution in [2.45, 2.75) is 25.0 Å². The van der Waals surface area contributed by atoms with Crippen molar-refractivity contribution in [3.05, 3.63) is 41.1 Å². The molecule has 132 valence electrons. The summed E-state index contributed by atoms with van der Waals surface area (Å²) in [5.74, 6) is 0.943. The Hall–Kier alpha value is -2.48. The van der Waals surface area contributed by atoms with Gasteiger partial charge in [0.15, 0.2) is 0 Å². The summed E-state index contributed by atoms with van der Waals surface area (Å²) in [5, 5.41) is 8.32. The summed E-state index contributed by atoms with van der Waals surface area (Å²) in [5.41, 5.74) is 2.10. The van der Waals surface area contributed by atoms with Crippen molar-refractivity contribution in [1.29, 1.82) is 0 Å². The summed E-state index contributed by atoms with van der Waals surface area (Å²) in [6.07, 6.45) is 1.91. The molecule has 8 heteroatoms. The molecule has 1 aromatic heterocycles. The molecule has 3 rings (SSSR count). The average Bonchev–Trinajstić information content (AvgIpc) is 3.03. The Morgan fingerprint density at radius 3 is 2.92 bits per heavy atom. The van der Waals surface area contributed by atoms with Crippen LogP contribution in [0.1, 0.15) is 25.5 Å². The first-order chi connectivity index (χ1) is 12.1. The highest BCUT2D eigenvalue weighted by Crippen LogP contribution is 2.37. The molecule has 0 amide bonds. The molecule has 25 heavy (non-hydrogen) atoms. The van der Waals surface area contributed by atoms with Crippen molar-refractivity contribution < 1.29 is 14.3 Å². The van der Waals surface area contributed by atoms with E-state index in [0.717, 1.165) is 5.56 Å². The van der Waals surface area contributed by atoms with Crippen molar-refractivity contribution in [2.24, 2.45) is 0 Å². The van der Waals surface area contributed by atoms with Gasteiger partial charge >= 0.3 is 5.97 Å². The molecule has 0 spiro atoms. The smallest absolute Gasteiger partial charge is 0.338 e. The zero-order valence-corrected chi connectivity index (χ0v) is 15.4. The summed E-state index contributed by atoms with van der Waals surface area (Å²) in [4.78, 5) is 17.1. The predicted octanol–water partition coefficient (Wildman–Crippen LogP) is 2.86. The van der Waals surface area contributed by atoms with E-state index in [9.17, 15) is 4.79 Å². The van der Waals surface area contributed by atoms with E-state index in [1.54, 1.807) is 18.7 Å². The van der Waals surface area contributed by atoms with Crippen LogP contribution in [0.25, 0.3) is 0 Å². The average molecular weight is 360 g/mol. The standard InChI is InChI=1S/C17H20N4O3S/c1-5-24-15(22)13-10(2)18-16-19-17(25-4)20-21(16)14(13)11-7-6-8-12(9-11)23-3/h6-9,14H,5H2,1-4H3,(H,18,19,20). The number of thioether (sulfide) groups is 1. The Morgan fingerprint density at radius 2 is 2.24 bits per heavy atom. The number of methoxy groups -OCH3 is 1. The highest BCUT2D eigenvalue weighted by Gasteiger charge is 2.35. The largest absolute Gasteiger partial charge is 0.497 e. The Balaban J connectivity index is 2.17. The molecule has 0 radical (unpaired) electrons. The fraction of sp³-hybridized carbons (Fsp3) is 0.353. The molecule has 0 saturated carbocycles. The van der Waals surface area contributed by atoms with Gasteiger partial charge in [0.05, 0.1) is 19.3 Å². The van der Waals surface area contributed by atoms with Crippen LogP contribution in [-0.4, -0.2) is 40.7 Å². The van der Waals surface area contributed by atoms with Crippen molar-refractivity contribution in [3.63, 3.8) is 0 Å². The molecule has 0 bridgehead atoms. The second-order valence-electron chi connectivity index (χ2n) is 5.43. The molecule has 0 aliphatic carbocycles. The number of carbonyl (C=O) groups is 1. The number of nitrogens with one attached hydrogen (secondary N) is 1. The third kappa shape index (κ3) is 3.21. The first kappa shape index (κ1) is 17.3. The summed E-state index contributed by atoms with van der Waals surface area (Å²) < 4.78 is 12.3. The molecule has 0 saturated heterocycles. The number of carbonyl (C=O) groups excluding carboxylic acids is 1. The van der Waals surface area contributed by atoms with Gasteiger partial charge in [-0.1, -0.05) is 23.9 Å². The molecule has 1 aliphatic rings. The van der Waals surface area contributed by atoms with Crippen LogP contribution in [0.15, 0.2) is 40.7 Å². The number of esters is 1. The van der Waals surface area contributed by atoms with E-state index in [4.69, 9.17) is 9.47 Å². The Kier molecular flexibility index (Phi) is 4.98. The van der Waals surface area contributed by atoms with Gasteiger partial charge in [0.1, 0.15) is 11.8 Å². The summed E-state index contributed by atoms with van der Waals surface area (Å²) in [6, 6.07) is 7.15. The fourth-order valence-corrected chi connectivity index (χ4v) is 3.16. The molecule has 1 atom stereocenters. The number of anilines is 1. The lowest BCUT2D eigenvalue weighted by atomic mass is 9.95. The van der Waals surface area contributed by atoms with Crippen LogP contribution in [0.2, 0.25) is 0 Å². The highest BCUT2D eigenvalue weighted by atomic mass is 32.2. The molecule has 1 aromatic carbocycles. The molecule has 1 aliphatic heterocycles. The predicted molar refractivity (Wildman–Crippen MR) is 95.9 cm³/mol. The SMILES string of the molecule is CCOC(=O)C1=C(C)Nc2nc(SC)nn2C1c1cccc(OC)c1. The van der Waals surface area contributed by atoms with E-state index in [1.165, 1.54) is 11.8 Å². The van der Waals surface area contributed by atoms with E-state index in [0.29, 0.717) is 34.7 Å². The van der Waals surface area contributed by atoms with Crippen molar-refractivity contribution >= 4 is 23.7 Å². The molecule has 7 nitrogen and oxygen atoms in total. The van der Waals surface area contributed by atoms with Gasteiger partial charge in [0, 0.05) is 5.70 Å². The van der Waals surface area contributed by atoms with Gasteiger partial charge in [0.25, 0.3) is 0 Å². The molecular weight excluding hydrogens is 340 g/mol. The van der Waals surface area contributed by atoms with Gasteiger partial charge in [-0.2, -0.15) is 4.98 Å². The van der Waals surface area contributed by atoms with E-state index in [-0.39, 0.29) is 5.97 Å². The second kappa shape index (κ2) is 7.18. The number of nitrogens with zero attached hydrogens (tertiary/aromatic N) is 3. The van der Waals surface area contributed by atoms with Crippen molar-refractivity contribution in [3.8, 4) is 5.75 Å². The van der Waals surface area contributed by atoms with Gasteiger partial charge in [-0.05, 0) is 37.8 Å². The third-order valence-corrected chi connectivity index (χ3v) is 4.46. The van der Waals surface area contributed by atoms with Gasteiger partial charge in [-0.25, -0.2) is 9.48 Å². The van der Waals surface area contributed by atoms with Crippen molar-refractivity contribution in [2.75, 3.05) is 25.3 Å². The zero-order chi connectivity index (χ0) is 18.0. The van der Waals surface area contributed by atoms with Gasteiger partial charge in [-0.3, -0.25) is 0 Å². The van der Waals surface area contributed by atoms with E-state index < -0.39 is 6.04 Å². The summed E-state index contributed by atoms with van der Waals surface area (Å²) >= 11 is 1.45. The molecule has 0 fully saturated rings. The Bertz CT molecular complexity index is 831. The molecule has 1 N–H and O–H groups in total. The number of allylic oxidation sites excluding steroid dienone is 1. The minimum absolute atomic E-state index is 0.306. The lowest BCUT2D eigenvalue weighted by Crippen LogP contribution is -2.29. The summed E-state index contributed by atoms with van der Waals surface area (Å²) in [7, 11) is 1.61. The van der Waals surface area contributed by atoms with Crippen LogP contribution >= 0.6 is 11.8 Å². The zero-order valence-electron chi connectivity index (χ0n) is 14.6. The van der Waals surface area contributed by atoms with Crippen LogP contribution < -0.4 is 10.1 Å². The first-order valence-corrected chi connectivity index (χ1v) is 9.10. The number of fused-ring (bicyclic) bond motifs is 1. The minimum atomic E-state index is -0.432. The molecular formula is C17H20N4O3S. The highest BCUT2D eigenvalue weighted by molar-refractivity contribution is 7.98. The number of benzene rings is 1. The van der Waals surface area contributed by atoms with Gasteiger partial charge < -0.3 is 14.8 Å². The fourth-order valence-electron chi connectivity index (χ4n) is 2.81. The maximum atomic E-state index is 12.6. The van der Waals surface area contributed by atoms with Crippen LogP contribution in [0.4, 0.5) is 5.95 Å². The minimum Gasteiger partial charge on any atom is -0.497 e. The quantitative estimate of drug-likeness (QED) is 0.649. The Morgan fingerprint density at radius 1 is 1.44 bits per heavy atom. The van der Waals surface area contributed by atoms with Crippen LogP contribution in [-0.2, 0) is 9.53 Å². The number of hydrogen-bond donors (Lipinski definition) is 1. The number of hydrogen-bond acceptors (Lipinski definition) is 7. The lowest BCUT2D eigenvalue weighted by molar-refractivity contribution is -0.139. The number of rotatable bonds is 5. The van der Waals surface area contributed by atoms with E-state index in [1.807, 2.05) is 37.4 Å². The van der Waals surface area contributed by atoms with E-state index in [2.05, 4.69) is 15.4 Å². The van der Waals surface area contributed by atoms with Crippen molar-refractivity contribution in [1.82, 2.24) is 14.8 Å². The van der Waals surface area contributed by atoms with Crippen LogP contribution in [0, 0.1) is 0 Å². The number of aromatic nitrogens is 3. The Labute approximate surface area is 150 Å². The first-order valence-electron chi connectivity index (χ1n) is 7.88. The monoisotopic (exact) mass is 360 g/mol. The third-order valence-electron chi connectivity index (χ3n) is 3.92. The maximum absolute atomic E-state index is 12.6. The topological polar surface area (TPSA) is 78.3 Å². The van der Waals surface area contributed by atoms with Gasteiger partial charge in [-0.15, -0.1) is 5.10 Å². The summed E-state index contributed by atoms with van der Waals surface area (Å²) in [6.45, 7) is 3.94. The number of ether oxygens (including phenoxy) is 2. The second-order valence-corrected chi connectivity index (χ2v) is 6.20. The lowest BCUT2D eigenvalue weighted by Gasteiger charge is -2.28.